The van der Waals surface area contributed by atoms with E-state index in [9.17, 15) is 4.79 Å². The van der Waals surface area contributed by atoms with Crippen molar-refractivity contribution in [2.24, 2.45) is 5.73 Å². The average Bonchev–Trinajstić information content (AvgIpc) is 2.31. The third-order valence-corrected chi connectivity index (χ3v) is 1.94. The van der Waals surface area contributed by atoms with E-state index in [-0.39, 0.29) is 0 Å². The summed E-state index contributed by atoms with van der Waals surface area (Å²) in [5.41, 5.74) is 5.02. The van der Waals surface area contributed by atoms with Crippen molar-refractivity contribution in [1.29, 1.82) is 0 Å². The lowest BCUT2D eigenvalue weighted by Crippen LogP contribution is -2.29. The van der Waals surface area contributed by atoms with Crippen LogP contribution >= 0.6 is 0 Å². The number of rotatable bonds is 12. The molecule has 0 aromatic rings. The second-order valence-electron chi connectivity index (χ2n) is 3.34. The van der Waals surface area contributed by atoms with Gasteiger partial charge in [0.15, 0.2) is 0 Å². The predicted octanol–water partition coefficient (Wildman–Crippen LogP) is -0.0535. The van der Waals surface area contributed by atoms with Crippen molar-refractivity contribution in [2.45, 2.75) is 20.0 Å². The highest BCUT2D eigenvalue weighted by Crippen LogP contribution is 1.89. The van der Waals surface area contributed by atoms with Gasteiger partial charge in [-0.05, 0) is 13.8 Å². The van der Waals surface area contributed by atoms with Gasteiger partial charge in [0.1, 0.15) is 6.10 Å². The highest BCUT2D eigenvalue weighted by atomic mass is 16.6. The molecular weight excluding hydrogens is 226 g/mol. The molecule has 0 aliphatic carbocycles. The van der Waals surface area contributed by atoms with E-state index in [4.69, 9.17) is 24.7 Å². The molecule has 17 heavy (non-hydrogen) atoms. The molecule has 1 atom stereocenters. The van der Waals surface area contributed by atoms with Crippen LogP contribution in [0.2, 0.25) is 0 Å². The first kappa shape index (κ1) is 16.3. The van der Waals surface area contributed by atoms with Gasteiger partial charge in [0, 0.05) is 6.61 Å². The summed E-state index contributed by atoms with van der Waals surface area (Å²) in [4.78, 5) is 10.6. The van der Waals surface area contributed by atoms with Crippen LogP contribution in [-0.4, -0.2) is 58.3 Å². The molecule has 0 spiro atoms. The van der Waals surface area contributed by atoms with Gasteiger partial charge >= 0.3 is 0 Å². The topological polar surface area (TPSA) is 80.0 Å². The molecule has 102 valence electrons. The van der Waals surface area contributed by atoms with Gasteiger partial charge in [-0.1, -0.05) is 0 Å². The van der Waals surface area contributed by atoms with E-state index >= 15 is 0 Å². The van der Waals surface area contributed by atoms with Crippen LogP contribution in [0.15, 0.2) is 0 Å². The second kappa shape index (κ2) is 11.8. The summed E-state index contributed by atoms with van der Waals surface area (Å²) in [6.07, 6.45) is -0.568. The van der Waals surface area contributed by atoms with Crippen molar-refractivity contribution in [3.8, 4) is 0 Å². The maximum Gasteiger partial charge on any atom is 0.246 e. The minimum absolute atomic E-state index is 0.350. The lowest BCUT2D eigenvalue weighted by molar-refractivity contribution is -0.129. The Morgan fingerprint density at radius 3 is 1.94 bits per heavy atom. The van der Waals surface area contributed by atoms with Crippen molar-refractivity contribution in [3.05, 3.63) is 0 Å². The molecule has 0 aliphatic rings. The number of ether oxygens (including phenoxy) is 4. The molecule has 1 unspecified atom stereocenters. The standard InChI is InChI=1S/C11H23NO5/c1-3-14-4-5-15-6-7-16-8-9-17-10(2)11(12)13/h10H,3-9H2,1-2H3,(H2,12,13). The fourth-order valence-electron chi connectivity index (χ4n) is 0.950. The molecule has 0 aromatic heterocycles. The molecule has 2 N–H and O–H groups in total. The third kappa shape index (κ3) is 11.6. The molecule has 0 saturated carbocycles. The summed E-state index contributed by atoms with van der Waals surface area (Å²) in [5, 5.41) is 0. The van der Waals surface area contributed by atoms with Gasteiger partial charge in [0.2, 0.25) is 5.91 Å². The van der Waals surface area contributed by atoms with Gasteiger partial charge < -0.3 is 24.7 Å². The normalized spacial score (nSPS) is 12.6. The summed E-state index contributed by atoms with van der Waals surface area (Å²) in [6.45, 7) is 7.24. The molecule has 0 aromatic carbocycles. The number of carbonyl (C=O) groups excluding carboxylic acids is 1. The van der Waals surface area contributed by atoms with Crippen LogP contribution in [0.1, 0.15) is 13.8 Å². The minimum Gasteiger partial charge on any atom is -0.379 e. The fourth-order valence-corrected chi connectivity index (χ4v) is 0.950. The van der Waals surface area contributed by atoms with Crippen LogP contribution in [-0.2, 0) is 23.7 Å². The Labute approximate surface area is 102 Å². The van der Waals surface area contributed by atoms with Crippen LogP contribution in [0.4, 0.5) is 0 Å². The lowest BCUT2D eigenvalue weighted by atomic mass is 10.4. The van der Waals surface area contributed by atoms with Crippen LogP contribution in [0.25, 0.3) is 0 Å². The first-order chi connectivity index (χ1) is 8.18. The van der Waals surface area contributed by atoms with Crippen molar-refractivity contribution in [3.63, 3.8) is 0 Å². The highest BCUT2D eigenvalue weighted by Gasteiger charge is 2.07. The van der Waals surface area contributed by atoms with E-state index in [0.717, 1.165) is 0 Å². The van der Waals surface area contributed by atoms with Crippen molar-refractivity contribution >= 4 is 5.91 Å². The first-order valence-corrected chi connectivity index (χ1v) is 5.82. The van der Waals surface area contributed by atoms with Gasteiger partial charge in [-0.3, -0.25) is 4.79 Å². The van der Waals surface area contributed by atoms with Crippen molar-refractivity contribution in [2.75, 3.05) is 46.2 Å². The monoisotopic (exact) mass is 249 g/mol. The lowest BCUT2D eigenvalue weighted by Gasteiger charge is -2.09. The molecule has 1 amide bonds. The Morgan fingerprint density at radius 2 is 1.47 bits per heavy atom. The van der Waals surface area contributed by atoms with Crippen LogP contribution < -0.4 is 5.73 Å². The van der Waals surface area contributed by atoms with Gasteiger partial charge in [0.05, 0.1) is 39.6 Å². The SMILES string of the molecule is CCOCCOCCOCCOC(C)C(N)=O. The third-order valence-electron chi connectivity index (χ3n) is 1.94. The number of hydrogen-bond donors (Lipinski definition) is 1. The Kier molecular flexibility index (Phi) is 11.3. The van der Waals surface area contributed by atoms with E-state index in [0.29, 0.717) is 46.2 Å². The smallest absolute Gasteiger partial charge is 0.246 e. The Balaban J connectivity index is 3.06. The van der Waals surface area contributed by atoms with Crippen LogP contribution in [0.3, 0.4) is 0 Å². The zero-order valence-electron chi connectivity index (χ0n) is 10.6. The Bertz CT molecular complexity index is 189. The number of carbonyl (C=O) groups is 1. The van der Waals surface area contributed by atoms with E-state index < -0.39 is 12.0 Å². The second-order valence-corrected chi connectivity index (χ2v) is 3.34. The first-order valence-electron chi connectivity index (χ1n) is 5.82. The van der Waals surface area contributed by atoms with Gasteiger partial charge in [-0.15, -0.1) is 0 Å². The molecule has 0 bridgehead atoms. The van der Waals surface area contributed by atoms with E-state index in [1.54, 1.807) is 6.92 Å². The fraction of sp³-hybridized carbons (Fsp3) is 0.909. The average molecular weight is 249 g/mol. The number of primary amides is 1. The molecule has 6 heteroatoms. The maximum absolute atomic E-state index is 10.6. The summed E-state index contributed by atoms with van der Waals surface area (Å²) in [5.74, 6) is -0.468. The quantitative estimate of drug-likeness (QED) is 0.490. The Morgan fingerprint density at radius 1 is 1.00 bits per heavy atom. The molecule has 0 aliphatic heterocycles. The van der Waals surface area contributed by atoms with Crippen molar-refractivity contribution in [1.82, 2.24) is 0 Å². The minimum atomic E-state index is -0.568. The summed E-state index contributed by atoms with van der Waals surface area (Å²) in [6, 6.07) is 0. The maximum atomic E-state index is 10.6. The number of nitrogens with two attached hydrogens (primary N) is 1. The molecular formula is C11H23NO5. The molecule has 0 saturated heterocycles. The number of amides is 1. The highest BCUT2D eigenvalue weighted by molar-refractivity contribution is 5.78. The summed E-state index contributed by atoms with van der Waals surface area (Å²) in [7, 11) is 0. The van der Waals surface area contributed by atoms with E-state index in [1.165, 1.54) is 0 Å². The molecule has 0 heterocycles. The van der Waals surface area contributed by atoms with Crippen LogP contribution in [0, 0.1) is 0 Å². The zero-order valence-corrected chi connectivity index (χ0v) is 10.6. The molecule has 0 rings (SSSR count). The zero-order chi connectivity index (χ0) is 12.9. The Hall–Kier alpha value is -0.690. The van der Waals surface area contributed by atoms with Gasteiger partial charge in [-0.2, -0.15) is 0 Å². The van der Waals surface area contributed by atoms with Crippen LogP contribution in [0.5, 0.6) is 0 Å². The molecule has 6 nitrogen and oxygen atoms in total. The molecule has 0 fully saturated rings. The number of hydrogen-bond acceptors (Lipinski definition) is 5. The summed E-state index contributed by atoms with van der Waals surface area (Å²) < 4.78 is 20.7. The van der Waals surface area contributed by atoms with Gasteiger partial charge in [0.25, 0.3) is 0 Å². The van der Waals surface area contributed by atoms with E-state index in [1.807, 2.05) is 6.92 Å². The van der Waals surface area contributed by atoms with Crippen molar-refractivity contribution < 1.29 is 23.7 Å². The van der Waals surface area contributed by atoms with Gasteiger partial charge in [-0.25, -0.2) is 0 Å². The predicted molar refractivity (Wildman–Crippen MR) is 62.7 cm³/mol. The summed E-state index contributed by atoms with van der Waals surface area (Å²) >= 11 is 0. The van der Waals surface area contributed by atoms with E-state index in [2.05, 4.69) is 0 Å². The largest absolute Gasteiger partial charge is 0.379 e. The molecule has 0 radical (unpaired) electrons.